The molecule has 2 aliphatic heterocycles. The van der Waals surface area contributed by atoms with Gasteiger partial charge in [-0.2, -0.15) is 0 Å². The second-order valence-electron chi connectivity index (χ2n) is 7.30. The third-order valence-electron chi connectivity index (χ3n) is 5.60. The number of carbonyl (C=O) groups is 2. The highest BCUT2D eigenvalue weighted by Gasteiger charge is 2.44. The molecular weight excluding hydrogens is 326 g/mol. The van der Waals surface area contributed by atoms with Crippen molar-refractivity contribution in [3.8, 4) is 0 Å². The highest BCUT2D eigenvalue weighted by Crippen LogP contribution is 2.33. The SMILES string of the molecule is Cc1ccccc1C(=O)N1CC2CCN(Cc3cccnc3)C(=O)C2C1. The predicted molar refractivity (Wildman–Crippen MR) is 98.3 cm³/mol. The number of carbonyl (C=O) groups excluding carboxylic acids is 2. The van der Waals surface area contributed by atoms with Crippen molar-refractivity contribution in [2.75, 3.05) is 19.6 Å². The molecule has 5 nitrogen and oxygen atoms in total. The number of pyridine rings is 1. The minimum atomic E-state index is -0.0756. The summed E-state index contributed by atoms with van der Waals surface area (Å²) in [5, 5.41) is 0. The zero-order chi connectivity index (χ0) is 18.1. The third kappa shape index (κ3) is 3.09. The van der Waals surface area contributed by atoms with E-state index in [0.717, 1.165) is 29.7 Å². The Morgan fingerprint density at radius 2 is 2.04 bits per heavy atom. The van der Waals surface area contributed by atoms with Crippen LogP contribution in [-0.4, -0.2) is 46.2 Å². The summed E-state index contributed by atoms with van der Waals surface area (Å²) in [5.41, 5.74) is 2.77. The third-order valence-corrected chi connectivity index (χ3v) is 5.60. The average molecular weight is 349 g/mol. The van der Waals surface area contributed by atoms with Crippen LogP contribution < -0.4 is 0 Å². The molecule has 0 saturated carbocycles. The van der Waals surface area contributed by atoms with Gasteiger partial charge in [0, 0.05) is 44.1 Å². The van der Waals surface area contributed by atoms with E-state index in [0.29, 0.717) is 19.6 Å². The number of fused-ring (bicyclic) bond motifs is 1. The van der Waals surface area contributed by atoms with Crippen LogP contribution in [0.25, 0.3) is 0 Å². The Balaban J connectivity index is 1.46. The summed E-state index contributed by atoms with van der Waals surface area (Å²) >= 11 is 0. The van der Waals surface area contributed by atoms with Crippen LogP contribution in [0.15, 0.2) is 48.8 Å². The second-order valence-corrected chi connectivity index (χ2v) is 7.30. The van der Waals surface area contributed by atoms with Crippen LogP contribution >= 0.6 is 0 Å². The van der Waals surface area contributed by atoms with Gasteiger partial charge in [0.1, 0.15) is 0 Å². The monoisotopic (exact) mass is 349 g/mol. The highest BCUT2D eigenvalue weighted by molar-refractivity contribution is 5.96. The zero-order valence-electron chi connectivity index (χ0n) is 15.0. The Labute approximate surface area is 153 Å². The van der Waals surface area contributed by atoms with Gasteiger partial charge in [0.25, 0.3) is 5.91 Å². The average Bonchev–Trinajstić information content (AvgIpc) is 3.10. The van der Waals surface area contributed by atoms with Gasteiger partial charge >= 0.3 is 0 Å². The summed E-state index contributed by atoms with van der Waals surface area (Å²) in [6.45, 7) is 4.52. The molecule has 4 rings (SSSR count). The molecule has 5 heteroatoms. The topological polar surface area (TPSA) is 53.5 Å². The number of hydrogen-bond donors (Lipinski definition) is 0. The van der Waals surface area contributed by atoms with E-state index >= 15 is 0 Å². The molecule has 2 saturated heterocycles. The maximum absolute atomic E-state index is 13.0. The molecule has 134 valence electrons. The Bertz CT molecular complexity index is 821. The van der Waals surface area contributed by atoms with Crippen LogP contribution in [0.3, 0.4) is 0 Å². The van der Waals surface area contributed by atoms with Gasteiger partial charge < -0.3 is 9.80 Å². The lowest BCUT2D eigenvalue weighted by Crippen LogP contribution is -2.44. The first-order valence-corrected chi connectivity index (χ1v) is 9.16. The number of aryl methyl sites for hydroxylation is 1. The van der Waals surface area contributed by atoms with Crippen LogP contribution in [0.1, 0.15) is 27.9 Å². The standard InChI is InChI=1S/C21H23N3O2/c1-15-5-2-3-7-18(15)20(25)24-13-17-8-10-23(21(26)19(17)14-24)12-16-6-4-9-22-11-16/h2-7,9,11,17,19H,8,10,12-14H2,1H3. The lowest BCUT2D eigenvalue weighted by atomic mass is 9.88. The van der Waals surface area contributed by atoms with Crippen LogP contribution in [0, 0.1) is 18.8 Å². The van der Waals surface area contributed by atoms with Crippen molar-refractivity contribution in [3.63, 3.8) is 0 Å². The van der Waals surface area contributed by atoms with Gasteiger partial charge in [-0.1, -0.05) is 24.3 Å². The molecule has 2 aromatic rings. The fourth-order valence-electron chi connectivity index (χ4n) is 4.13. The first-order valence-electron chi connectivity index (χ1n) is 9.16. The fraction of sp³-hybridized carbons (Fsp3) is 0.381. The highest BCUT2D eigenvalue weighted by atomic mass is 16.2. The van der Waals surface area contributed by atoms with Crippen LogP contribution in [0.2, 0.25) is 0 Å². The first-order chi connectivity index (χ1) is 12.6. The number of aromatic nitrogens is 1. The largest absolute Gasteiger partial charge is 0.338 e. The fourth-order valence-corrected chi connectivity index (χ4v) is 4.13. The molecule has 1 aromatic heterocycles. The van der Waals surface area contributed by atoms with E-state index in [2.05, 4.69) is 4.98 Å². The molecule has 0 bridgehead atoms. The Morgan fingerprint density at radius 1 is 1.19 bits per heavy atom. The van der Waals surface area contributed by atoms with Gasteiger partial charge in [0.15, 0.2) is 0 Å². The van der Waals surface area contributed by atoms with Gasteiger partial charge in [-0.3, -0.25) is 14.6 Å². The van der Waals surface area contributed by atoms with Crippen LogP contribution in [0.5, 0.6) is 0 Å². The van der Waals surface area contributed by atoms with E-state index in [-0.39, 0.29) is 23.7 Å². The number of nitrogens with zero attached hydrogens (tertiary/aromatic N) is 3. The van der Waals surface area contributed by atoms with Crippen molar-refractivity contribution in [2.24, 2.45) is 11.8 Å². The smallest absolute Gasteiger partial charge is 0.254 e. The van der Waals surface area contributed by atoms with Gasteiger partial charge in [0.2, 0.25) is 5.91 Å². The lowest BCUT2D eigenvalue weighted by molar-refractivity contribution is -0.140. The van der Waals surface area contributed by atoms with Crippen LogP contribution in [-0.2, 0) is 11.3 Å². The van der Waals surface area contributed by atoms with E-state index in [9.17, 15) is 9.59 Å². The minimum Gasteiger partial charge on any atom is -0.338 e. The second kappa shape index (κ2) is 6.90. The molecule has 0 aliphatic carbocycles. The van der Waals surface area contributed by atoms with Crippen molar-refractivity contribution in [3.05, 3.63) is 65.5 Å². The van der Waals surface area contributed by atoms with Gasteiger partial charge in [-0.05, 0) is 42.5 Å². The normalized spacial score (nSPS) is 22.4. The van der Waals surface area contributed by atoms with Crippen molar-refractivity contribution in [1.29, 1.82) is 0 Å². The molecule has 0 spiro atoms. The summed E-state index contributed by atoms with van der Waals surface area (Å²) in [6, 6.07) is 11.5. The molecule has 0 radical (unpaired) electrons. The molecule has 2 unspecified atom stereocenters. The summed E-state index contributed by atoms with van der Waals surface area (Å²) in [6.07, 6.45) is 4.50. The molecule has 0 N–H and O–H groups in total. The number of rotatable bonds is 3. The lowest BCUT2D eigenvalue weighted by Gasteiger charge is -2.33. The van der Waals surface area contributed by atoms with E-state index in [1.807, 2.05) is 59.3 Å². The first kappa shape index (κ1) is 16.8. The molecule has 3 heterocycles. The quantitative estimate of drug-likeness (QED) is 0.856. The number of benzene rings is 1. The van der Waals surface area contributed by atoms with Crippen molar-refractivity contribution in [2.45, 2.75) is 19.9 Å². The molecule has 2 aliphatic rings. The molecule has 26 heavy (non-hydrogen) atoms. The summed E-state index contributed by atoms with van der Waals surface area (Å²) in [7, 11) is 0. The van der Waals surface area contributed by atoms with Gasteiger partial charge in [-0.15, -0.1) is 0 Å². The number of amides is 2. The van der Waals surface area contributed by atoms with E-state index < -0.39 is 0 Å². The molecule has 1 aromatic carbocycles. The predicted octanol–water partition coefficient (Wildman–Crippen LogP) is 2.51. The Hall–Kier alpha value is -2.69. The molecule has 2 amide bonds. The van der Waals surface area contributed by atoms with Crippen LogP contribution in [0.4, 0.5) is 0 Å². The summed E-state index contributed by atoms with van der Waals surface area (Å²) in [4.78, 5) is 33.7. The van der Waals surface area contributed by atoms with E-state index in [1.165, 1.54) is 0 Å². The molecule has 2 atom stereocenters. The molecular formula is C21H23N3O2. The van der Waals surface area contributed by atoms with Crippen molar-refractivity contribution < 1.29 is 9.59 Å². The number of hydrogen-bond acceptors (Lipinski definition) is 3. The molecule has 2 fully saturated rings. The van der Waals surface area contributed by atoms with Gasteiger partial charge in [0.05, 0.1) is 5.92 Å². The minimum absolute atomic E-state index is 0.0455. The zero-order valence-corrected chi connectivity index (χ0v) is 15.0. The van der Waals surface area contributed by atoms with Gasteiger partial charge in [-0.25, -0.2) is 0 Å². The maximum atomic E-state index is 13.0. The van der Waals surface area contributed by atoms with E-state index in [4.69, 9.17) is 0 Å². The van der Waals surface area contributed by atoms with E-state index in [1.54, 1.807) is 6.20 Å². The van der Waals surface area contributed by atoms with Crippen molar-refractivity contribution >= 4 is 11.8 Å². The number of likely N-dealkylation sites (tertiary alicyclic amines) is 2. The Morgan fingerprint density at radius 3 is 2.81 bits per heavy atom. The summed E-state index contributed by atoms with van der Waals surface area (Å²) in [5.74, 6) is 0.420. The Kier molecular flexibility index (Phi) is 4.45. The number of piperidine rings is 1. The maximum Gasteiger partial charge on any atom is 0.254 e. The van der Waals surface area contributed by atoms with Crippen molar-refractivity contribution in [1.82, 2.24) is 14.8 Å². The summed E-state index contributed by atoms with van der Waals surface area (Å²) < 4.78 is 0.